The Morgan fingerprint density at radius 1 is 0.833 bits per heavy atom. The molecule has 0 amide bonds. The highest BCUT2D eigenvalue weighted by molar-refractivity contribution is 5.49. The topological polar surface area (TPSA) is 0 Å². The van der Waals surface area contributed by atoms with Crippen LogP contribution in [-0.4, -0.2) is 0 Å². The van der Waals surface area contributed by atoms with Crippen molar-refractivity contribution < 1.29 is 0 Å². The van der Waals surface area contributed by atoms with Gasteiger partial charge in [-0.2, -0.15) is 0 Å². The fourth-order valence-electron chi connectivity index (χ4n) is 4.08. The van der Waals surface area contributed by atoms with E-state index in [1.807, 2.05) is 0 Å². The van der Waals surface area contributed by atoms with Crippen molar-refractivity contribution in [1.29, 1.82) is 0 Å². The van der Waals surface area contributed by atoms with Crippen LogP contribution >= 0.6 is 0 Å². The predicted octanol–water partition coefficient (Wildman–Crippen LogP) is 2.91. The minimum Gasteiger partial charge on any atom is -0.0620 e. The van der Waals surface area contributed by atoms with Crippen LogP contribution in [0.5, 0.6) is 0 Å². The molecule has 3 saturated carbocycles. The summed E-state index contributed by atoms with van der Waals surface area (Å²) >= 11 is 0. The fraction of sp³-hybridized carbons (Fsp3) is 0.500. The second-order valence-electron chi connectivity index (χ2n) is 4.59. The van der Waals surface area contributed by atoms with Gasteiger partial charge in [0.05, 0.1) is 0 Å². The van der Waals surface area contributed by atoms with Gasteiger partial charge in [-0.15, -0.1) is 0 Å². The molecule has 0 saturated heterocycles. The van der Waals surface area contributed by atoms with Gasteiger partial charge in [0.25, 0.3) is 0 Å². The number of benzene rings is 1. The molecule has 0 aliphatic heterocycles. The molecule has 3 fully saturated rings. The Morgan fingerprint density at radius 2 is 1.33 bits per heavy atom. The fourth-order valence-corrected chi connectivity index (χ4v) is 4.08. The molecule has 5 aliphatic carbocycles. The van der Waals surface area contributed by atoms with E-state index in [2.05, 4.69) is 24.3 Å². The van der Waals surface area contributed by atoms with Crippen molar-refractivity contribution >= 4 is 0 Å². The van der Waals surface area contributed by atoms with Crippen molar-refractivity contribution in [1.82, 2.24) is 0 Å². The van der Waals surface area contributed by atoms with Crippen LogP contribution in [0, 0.1) is 11.8 Å². The highest BCUT2D eigenvalue weighted by Crippen LogP contribution is 2.73. The summed E-state index contributed by atoms with van der Waals surface area (Å²) in [5, 5.41) is 0. The Morgan fingerprint density at radius 3 is 1.83 bits per heavy atom. The van der Waals surface area contributed by atoms with Gasteiger partial charge in [-0.05, 0) is 47.6 Å². The van der Waals surface area contributed by atoms with E-state index in [4.69, 9.17) is 0 Å². The molecule has 0 unspecified atom stereocenters. The van der Waals surface area contributed by atoms with Crippen LogP contribution in [-0.2, 0) is 0 Å². The normalized spacial score (nSPS) is 45.7. The molecular weight excluding hydrogens is 144 g/mol. The summed E-state index contributed by atoms with van der Waals surface area (Å²) in [5.41, 5.74) is 3.41. The van der Waals surface area contributed by atoms with E-state index in [1.54, 1.807) is 11.1 Å². The molecule has 0 nitrogen and oxygen atoms in total. The Bertz CT molecular complexity index is 310. The summed E-state index contributed by atoms with van der Waals surface area (Å²) in [6, 6.07) is 9.13. The van der Waals surface area contributed by atoms with Crippen molar-refractivity contribution in [2.75, 3.05) is 0 Å². The molecule has 0 aromatic heterocycles. The molecule has 4 bridgehead atoms. The Kier molecular flexibility index (Phi) is 0.778. The van der Waals surface area contributed by atoms with E-state index >= 15 is 0 Å². The summed E-state index contributed by atoms with van der Waals surface area (Å²) < 4.78 is 0. The van der Waals surface area contributed by atoms with E-state index in [-0.39, 0.29) is 0 Å². The van der Waals surface area contributed by atoms with E-state index in [1.165, 1.54) is 12.8 Å². The van der Waals surface area contributed by atoms with Crippen molar-refractivity contribution in [2.24, 2.45) is 11.8 Å². The maximum atomic E-state index is 2.36. The second-order valence-corrected chi connectivity index (χ2v) is 4.59. The van der Waals surface area contributed by atoms with Gasteiger partial charge in [-0.1, -0.05) is 24.3 Å². The van der Waals surface area contributed by atoms with Crippen LogP contribution in [0.2, 0.25) is 0 Å². The first-order valence-electron chi connectivity index (χ1n) is 5.05. The molecule has 0 heteroatoms. The van der Waals surface area contributed by atoms with E-state index < -0.39 is 0 Å². The number of rotatable bonds is 0. The third-order valence-corrected chi connectivity index (χ3v) is 4.39. The molecule has 0 radical (unpaired) electrons. The van der Waals surface area contributed by atoms with Crippen LogP contribution < -0.4 is 0 Å². The molecule has 0 atom stereocenters. The summed E-state index contributed by atoms with van der Waals surface area (Å²) in [5.74, 6) is 4.11. The van der Waals surface area contributed by atoms with Crippen LogP contribution in [0.15, 0.2) is 24.3 Å². The first-order valence-corrected chi connectivity index (χ1v) is 5.05. The van der Waals surface area contributed by atoms with Gasteiger partial charge in [-0.25, -0.2) is 0 Å². The van der Waals surface area contributed by atoms with Gasteiger partial charge in [0.15, 0.2) is 0 Å². The van der Waals surface area contributed by atoms with Gasteiger partial charge in [-0.3, -0.25) is 0 Å². The first-order chi connectivity index (χ1) is 5.97. The van der Waals surface area contributed by atoms with Gasteiger partial charge in [0, 0.05) is 0 Å². The summed E-state index contributed by atoms with van der Waals surface area (Å²) in [4.78, 5) is 0. The Hall–Kier alpha value is -0.780. The molecular formula is C12H12. The second kappa shape index (κ2) is 1.61. The third-order valence-electron chi connectivity index (χ3n) is 4.39. The third kappa shape index (κ3) is 0.405. The highest BCUT2D eigenvalue weighted by atomic mass is 14.7. The highest BCUT2D eigenvalue weighted by Gasteiger charge is 2.61. The van der Waals surface area contributed by atoms with Crippen LogP contribution in [0.3, 0.4) is 0 Å². The van der Waals surface area contributed by atoms with Crippen LogP contribution in [0.4, 0.5) is 0 Å². The molecule has 1 aromatic rings. The maximum absolute atomic E-state index is 2.36. The summed E-state index contributed by atoms with van der Waals surface area (Å²) in [6.45, 7) is 0. The molecule has 1 aromatic carbocycles. The van der Waals surface area contributed by atoms with Crippen molar-refractivity contribution in [3.63, 3.8) is 0 Å². The van der Waals surface area contributed by atoms with Crippen LogP contribution in [0.25, 0.3) is 0 Å². The molecule has 6 rings (SSSR count). The van der Waals surface area contributed by atoms with Crippen molar-refractivity contribution in [2.45, 2.75) is 24.7 Å². The Labute approximate surface area is 72.6 Å². The monoisotopic (exact) mass is 156 g/mol. The summed E-state index contributed by atoms with van der Waals surface area (Å²) in [7, 11) is 0. The zero-order valence-corrected chi connectivity index (χ0v) is 7.03. The zero-order valence-electron chi connectivity index (χ0n) is 7.03. The van der Waals surface area contributed by atoms with Gasteiger partial charge >= 0.3 is 0 Å². The Balaban J connectivity index is 2.01. The molecule has 0 heterocycles. The van der Waals surface area contributed by atoms with Crippen molar-refractivity contribution in [3.8, 4) is 0 Å². The summed E-state index contributed by atoms with van der Waals surface area (Å²) in [6.07, 6.45) is 3.02. The van der Waals surface area contributed by atoms with Crippen LogP contribution in [0.1, 0.15) is 35.8 Å². The minimum absolute atomic E-state index is 0.992. The van der Waals surface area contributed by atoms with Gasteiger partial charge in [0.1, 0.15) is 0 Å². The first kappa shape index (κ1) is 5.80. The van der Waals surface area contributed by atoms with Crippen molar-refractivity contribution in [3.05, 3.63) is 35.4 Å². The van der Waals surface area contributed by atoms with E-state index in [0.29, 0.717) is 0 Å². The molecule has 5 aliphatic rings. The zero-order chi connectivity index (χ0) is 7.71. The lowest BCUT2D eigenvalue weighted by molar-refractivity contribution is 0.225. The lowest BCUT2D eigenvalue weighted by atomic mass is 9.69. The number of fused-ring (bicyclic) bond motifs is 1. The lowest BCUT2D eigenvalue weighted by Crippen LogP contribution is -2.26. The largest absolute Gasteiger partial charge is 0.0620 e. The SMILES string of the molecule is c1ccc2c(c1)C1C3CCC1C23. The molecule has 12 heavy (non-hydrogen) atoms. The minimum atomic E-state index is 0.992. The smallest absolute Gasteiger partial charge is 0.00905 e. The maximum Gasteiger partial charge on any atom is -0.00905 e. The van der Waals surface area contributed by atoms with Gasteiger partial charge in [0.2, 0.25) is 0 Å². The van der Waals surface area contributed by atoms with E-state index in [9.17, 15) is 0 Å². The number of hydrogen-bond donors (Lipinski definition) is 0. The van der Waals surface area contributed by atoms with Gasteiger partial charge < -0.3 is 0 Å². The average Bonchev–Trinajstić information content (AvgIpc) is 2.80. The standard InChI is InChI=1S/C12H12/c1-2-4-8-7(3-1)11-9-5-6-10(11)12(8)9/h1-4,9-12H,5-6H2. The number of hydrogen-bond acceptors (Lipinski definition) is 0. The van der Waals surface area contributed by atoms with E-state index in [0.717, 1.165) is 23.7 Å². The molecule has 60 valence electrons. The average molecular weight is 156 g/mol. The predicted molar refractivity (Wildman–Crippen MR) is 48.1 cm³/mol. The lowest BCUT2D eigenvalue weighted by Gasteiger charge is -2.35. The molecule has 0 N–H and O–H groups in total. The molecule has 0 spiro atoms. The quantitative estimate of drug-likeness (QED) is 0.541.